The van der Waals surface area contributed by atoms with Crippen LogP contribution in [0.5, 0.6) is 0 Å². The molecule has 1 aliphatic carbocycles. The second-order valence-corrected chi connectivity index (χ2v) is 10.3. The number of ether oxygens (including phenoxy) is 1. The van der Waals surface area contributed by atoms with Gasteiger partial charge >= 0.3 is 21.3 Å². The second-order valence-electron chi connectivity index (χ2n) is 5.98. The number of esters is 1. The molecule has 140 valence electrons. The summed E-state index contributed by atoms with van der Waals surface area (Å²) in [5, 5.41) is 13.8. The van der Waals surface area contributed by atoms with Gasteiger partial charge in [-0.05, 0) is 19.3 Å². The fraction of sp³-hybridized carbons (Fsp3) is 0.917. The Bertz CT molecular complexity index is 581. The van der Waals surface area contributed by atoms with Crippen molar-refractivity contribution in [3.63, 3.8) is 0 Å². The average molecular weight is 408 g/mol. The standard InChI is InChI=1S/C12H18F2O7S3/c13-12(14,24(18,19)20)9(17)21-8-2-1-3-11(8)22-6-10(4-15,5-16)7-23-11/h8,15-16H,1-7H2,(H,18,19,20). The maximum Gasteiger partial charge on any atom is 0.465 e. The first-order valence-electron chi connectivity index (χ1n) is 7.07. The van der Waals surface area contributed by atoms with E-state index in [1.165, 1.54) is 23.5 Å². The Morgan fingerprint density at radius 2 is 1.79 bits per heavy atom. The molecule has 2 fully saturated rings. The summed E-state index contributed by atoms with van der Waals surface area (Å²) in [6, 6.07) is 0. The number of alkyl halides is 2. The highest BCUT2D eigenvalue weighted by atomic mass is 32.2. The zero-order valence-corrected chi connectivity index (χ0v) is 14.9. The van der Waals surface area contributed by atoms with Crippen LogP contribution in [0.1, 0.15) is 19.3 Å². The minimum Gasteiger partial charge on any atom is -0.455 e. The van der Waals surface area contributed by atoms with Crippen LogP contribution in [0.2, 0.25) is 0 Å². The van der Waals surface area contributed by atoms with E-state index in [0.717, 1.165) is 0 Å². The summed E-state index contributed by atoms with van der Waals surface area (Å²) in [7, 11) is -5.90. The summed E-state index contributed by atoms with van der Waals surface area (Å²) in [5.41, 5.74) is -0.698. The van der Waals surface area contributed by atoms with Gasteiger partial charge in [0.15, 0.2) is 0 Å². The Labute approximate surface area is 146 Å². The first kappa shape index (κ1) is 20.2. The molecule has 0 bridgehead atoms. The molecule has 0 amide bonds. The molecule has 1 spiro atoms. The van der Waals surface area contributed by atoms with Crippen LogP contribution in [0.4, 0.5) is 8.78 Å². The van der Waals surface area contributed by atoms with Crippen molar-refractivity contribution in [1.29, 1.82) is 0 Å². The van der Waals surface area contributed by atoms with E-state index in [1.807, 2.05) is 0 Å². The predicted molar refractivity (Wildman–Crippen MR) is 84.5 cm³/mol. The lowest BCUT2D eigenvalue weighted by molar-refractivity contribution is -0.166. The summed E-state index contributed by atoms with van der Waals surface area (Å²) >= 11 is 2.61. The van der Waals surface area contributed by atoms with Crippen molar-refractivity contribution in [1.82, 2.24) is 0 Å². The maximum absolute atomic E-state index is 13.4. The van der Waals surface area contributed by atoms with Gasteiger partial charge in [-0.3, -0.25) is 4.55 Å². The summed E-state index contributed by atoms with van der Waals surface area (Å²) < 4.78 is 60.5. The lowest BCUT2D eigenvalue weighted by Gasteiger charge is -2.44. The molecule has 1 unspecified atom stereocenters. The molecule has 0 aromatic rings. The summed E-state index contributed by atoms with van der Waals surface area (Å²) in [6.45, 7) is -0.463. The van der Waals surface area contributed by atoms with Crippen molar-refractivity contribution in [2.45, 2.75) is 34.7 Å². The third-order valence-corrected chi connectivity index (χ3v) is 9.16. The molecule has 1 heterocycles. The Morgan fingerprint density at radius 3 is 2.25 bits per heavy atom. The Morgan fingerprint density at radius 1 is 1.25 bits per heavy atom. The zero-order chi connectivity index (χ0) is 18.2. The number of halogens is 2. The molecule has 0 aromatic heterocycles. The quantitative estimate of drug-likeness (QED) is 0.446. The van der Waals surface area contributed by atoms with Crippen LogP contribution in [-0.2, 0) is 19.6 Å². The lowest BCUT2D eigenvalue weighted by Crippen LogP contribution is -2.48. The van der Waals surface area contributed by atoms with Crippen LogP contribution in [-0.4, -0.2) is 69.3 Å². The first-order valence-corrected chi connectivity index (χ1v) is 10.5. The van der Waals surface area contributed by atoms with Gasteiger partial charge in [-0.1, -0.05) is 0 Å². The van der Waals surface area contributed by atoms with Crippen molar-refractivity contribution >= 4 is 39.6 Å². The van der Waals surface area contributed by atoms with Crippen LogP contribution in [0.3, 0.4) is 0 Å². The highest BCUT2D eigenvalue weighted by molar-refractivity contribution is 8.19. The topological polar surface area (TPSA) is 121 Å². The summed E-state index contributed by atoms with van der Waals surface area (Å²) in [5.74, 6) is -1.58. The molecule has 0 aromatic carbocycles. The molecule has 1 saturated heterocycles. The molecule has 1 atom stereocenters. The molecule has 3 N–H and O–H groups in total. The third-order valence-electron chi connectivity index (χ3n) is 4.21. The van der Waals surface area contributed by atoms with Crippen molar-refractivity contribution in [3.8, 4) is 0 Å². The molecular weight excluding hydrogens is 390 g/mol. The van der Waals surface area contributed by atoms with Crippen LogP contribution in [0.25, 0.3) is 0 Å². The van der Waals surface area contributed by atoms with E-state index >= 15 is 0 Å². The first-order chi connectivity index (χ1) is 11.0. The number of thioether (sulfide) groups is 2. The van der Waals surface area contributed by atoms with Gasteiger partial charge in [-0.15, -0.1) is 23.5 Å². The highest BCUT2D eigenvalue weighted by Crippen LogP contribution is 2.57. The van der Waals surface area contributed by atoms with Gasteiger partial charge in [-0.25, -0.2) is 4.79 Å². The second kappa shape index (κ2) is 6.88. The fourth-order valence-electron chi connectivity index (χ4n) is 2.56. The summed E-state index contributed by atoms with van der Waals surface area (Å²) in [4.78, 5) is 11.5. The molecule has 1 aliphatic heterocycles. The Kier molecular flexibility index (Phi) is 5.78. The van der Waals surface area contributed by atoms with Gasteiger partial charge < -0.3 is 14.9 Å². The van der Waals surface area contributed by atoms with Crippen LogP contribution in [0.15, 0.2) is 0 Å². The van der Waals surface area contributed by atoms with Crippen LogP contribution in [0, 0.1) is 5.41 Å². The van der Waals surface area contributed by atoms with Crippen molar-refractivity contribution in [2.24, 2.45) is 5.41 Å². The number of aliphatic hydroxyl groups is 2. The summed E-state index contributed by atoms with van der Waals surface area (Å²) in [6.07, 6.45) is 0.507. The van der Waals surface area contributed by atoms with Crippen molar-refractivity contribution < 1.29 is 41.5 Å². The number of aliphatic hydroxyl groups excluding tert-OH is 2. The predicted octanol–water partition coefficient (Wildman–Crippen LogP) is 0.710. The Balaban J connectivity index is 2.11. The maximum atomic E-state index is 13.4. The van der Waals surface area contributed by atoms with E-state index in [4.69, 9.17) is 9.29 Å². The van der Waals surface area contributed by atoms with E-state index in [-0.39, 0.29) is 13.2 Å². The van der Waals surface area contributed by atoms with Crippen LogP contribution >= 0.6 is 23.5 Å². The Hall–Kier alpha value is -0.140. The lowest BCUT2D eigenvalue weighted by atomic mass is 9.96. The number of carbonyl (C=O) groups excluding carboxylic acids is 1. The molecule has 7 nitrogen and oxygen atoms in total. The average Bonchev–Trinajstić information content (AvgIpc) is 2.90. The van der Waals surface area contributed by atoms with Gasteiger partial charge in [0.25, 0.3) is 0 Å². The SMILES string of the molecule is O=C(OC1CCCC12SCC(CO)(CO)CS2)C(F)(F)S(=O)(=O)O. The third kappa shape index (κ3) is 3.54. The molecule has 1 saturated carbocycles. The highest BCUT2D eigenvalue weighted by Gasteiger charge is 2.58. The van der Waals surface area contributed by atoms with E-state index in [2.05, 4.69) is 0 Å². The smallest absolute Gasteiger partial charge is 0.455 e. The van der Waals surface area contributed by atoms with E-state index in [0.29, 0.717) is 30.8 Å². The fourth-order valence-corrected chi connectivity index (χ4v) is 6.59. The molecule has 0 radical (unpaired) electrons. The van der Waals surface area contributed by atoms with E-state index < -0.39 is 36.9 Å². The van der Waals surface area contributed by atoms with Gasteiger partial charge in [-0.2, -0.15) is 17.2 Å². The zero-order valence-electron chi connectivity index (χ0n) is 12.5. The van der Waals surface area contributed by atoms with E-state index in [1.54, 1.807) is 0 Å². The minimum atomic E-state index is -5.90. The molecule has 24 heavy (non-hydrogen) atoms. The monoisotopic (exact) mass is 408 g/mol. The normalized spacial score (nSPS) is 26.5. The largest absolute Gasteiger partial charge is 0.465 e. The molecule has 2 aliphatic rings. The van der Waals surface area contributed by atoms with Gasteiger partial charge in [0.05, 0.1) is 17.3 Å². The van der Waals surface area contributed by atoms with Gasteiger partial charge in [0.1, 0.15) is 6.10 Å². The minimum absolute atomic E-state index is 0.231. The molecular formula is C12H18F2O7S3. The number of hydrogen-bond acceptors (Lipinski definition) is 8. The van der Waals surface area contributed by atoms with Crippen LogP contribution < -0.4 is 0 Å². The number of carbonyl (C=O) groups is 1. The van der Waals surface area contributed by atoms with Gasteiger partial charge in [0.2, 0.25) is 0 Å². The number of rotatable bonds is 5. The molecule has 12 heteroatoms. The van der Waals surface area contributed by atoms with Crippen molar-refractivity contribution in [3.05, 3.63) is 0 Å². The van der Waals surface area contributed by atoms with Crippen molar-refractivity contribution in [2.75, 3.05) is 24.7 Å². The molecule has 2 rings (SSSR count). The number of hydrogen-bond donors (Lipinski definition) is 3. The van der Waals surface area contributed by atoms with Gasteiger partial charge in [0, 0.05) is 16.9 Å². The van der Waals surface area contributed by atoms with E-state index in [9.17, 15) is 32.2 Å².